The van der Waals surface area contributed by atoms with Gasteiger partial charge in [-0.2, -0.15) is 0 Å². The van der Waals surface area contributed by atoms with Crippen LogP contribution in [0.1, 0.15) is 28.4 Å². The molecule has 2 heterocycles. The largest absolute Gasteiger partial charge is 0.506 e. The zero-order valence-corrected chi connectivity index (χ0v) is 18.5. The van der Waals surface area contributed by atoms with E-state index >= 15 is 0 Å². The number of nitrogens with zero attached hydrogens (tertiary/aromatic N) is 1. The van der Waals surface area contributed by atoms with Gasteiger partial charge in [0.15, 0.2) is 0 Å². The van der Waals surface area contributed by atoms with E-state index in [1.54, 1.807) is 31.0 Å². The molecule has 1 aromatic heterocycles. The Morgan fingerprint density at radius 3 is 2.66 bits per heavy atom. The topological polar surface area (TPSA) is 72.0 Å². The molecule has 0 saturated carbocycles. The van der Waals surface area contributed by atoms with Crippen molar-refractivity contribution >= 4 is 34.1 Å². The molecule has 4 aromatic rings. The number of ether oxygens (including phenoxy) is 1. The van der Waals surface area contributed by atoms with Crippen LogP contribution in [0.2, 0.25) is 0 Å². The van der Waals surface area contributed by atoms with E-state index in [-0.39, 0.29) is 16.6 Å². The summed E-state index contributed by atoms with van der Waals surface area (Å²) in [7, 11) is 1.64. The zero-order valence-electron chi connectivity index (χ0n) is 17.7. The van der Waals surface area contributed by atoms with Crippen LogP contribution in [-0.4, -0.2) is 17.9 Å². The predicted molar refractivity (Wildman–Crippen MR) is 128 cm³/mol. The van der Waals surface area contributed by atoms with Crippen LogP contribution in [0.4, 0.5) is 5.69 Å². The van der Waals surface area contributed by atoms with Crippen LogP contribution >= 0.6 is 11.8 Å². The SMILES string of the molecule is COc1ccc(C2CC(c3c(O)c4ccc(C)cc4oc3=O)=Nc3ccccc3S2)cc1. The highest BCUT2D eigenvalue weighted by atomic mass is 32.2. The summed E-state index contributed by atoms with van der Waals surface area (Å²) in [4.78, 5) is 18.8. The Labute approximate surface area is 189 Å². The molecule has 0 spiro atoms. The number of aliphatic imine (C=N–C) groups is 1. The fourth-order valence-electron chi connectivity index (χ4n) is 3.92. The number of methoxy groups -OCH3 is 1. The molecule has 3 aromatic carbocycles. The third-order valence-corrected chi connectivity index (χ3v) is 6.90. The van der Waals surface area contributed by atoms with Gasteiger partial charge in [0.1, 0.15) is 22.6 Å². The van der Waals surface area contributed by atoms with Crippen molar-refractivity contribution in [2.24, 2.45) is 4.99 Å². The summed E-state index contributed by atoms with van der Waals surface area (Å²) < 4.78 is 10.9. The number of hydrogen-bond donors (Lipinski definition) is 1. The van der Waals surface area contributed by atoms with Gasteiger partial charge in [-0.05, 0) is 54.4 Å². The van der Waals surface area contributed by atoms with Crippen molar-refractivity contribution in [1.82, 2.24) is 0 Å². The highest BCUT2D eigenvalue weighted by molar-refractivity contribution is 7.99. The molecule has 0 fully saturated rings. The van der Waals surface area contributed by atoms with E-state index in [4.69, 9.17) is 14.1 Å². The van der Waals surface area contributed by atoms with Crippen molar-refractivity contribution in [2.45, 2.75) is 23.5 Å². The van der Waals surface area contributed by atoms with Gasteiger partial charge < -0.3 is 14.3 Å². The third kappa shape index (κ3) is 3.67. The first-order valence-electron chi connectivity index (χ1n) is 10.3. The summed E-state index contributed by atoms with van der Waals surface area (Å²) in [6.45, 7) is 1.91. The van der Waals surface area contributed by atoms with E-state index in [0.29, 0.717) is 23.1 Å². The van der Waals surface area contributed by atoms with E-state index in [1.807, 2.05) is 61.5 Å². The Balaban J connectivity index is 1.67. The molecule has 1 atom stereocenters. The number of fused-ring (bicyclic) bond motifs is 2. The molecule has 1 unspecified atom stereocenters. The van der Waals surface area contributed by atoms with E-state index < -0.39 is 5.63 Å². The molecule has 0 amide bonds. The standard InChI is InChI=1S/C26H21NO4S/c1-15-7-12-18-21(13-15)31-26(29)24(25(18)28)20-14-23(16-8-10-17(30-2)11-9-16)32-22-6-4-3-5-19(22)27-20/h3-13,23,28H,14H2,1-2H3. The minimum Gasteiger partial charge on any atom is -0.506 e. The lowest BCUT2D eigenvalue weighted by Gasteiger charge is -2.17. The first-order valence-corrected chi connectivity index (χ1v) is 11.2. The van der Waals surface area contributed by atoms with Gasteiger partial charge in [-0.15, -0.1) is 11.8 Å². The molecule has 5 nitrogen and oxygen atoms in total. The van der Waals surface area contributed by atoms with Crippen LogP contribution in [0.3, 0.4) is 0 Å². The van der Waals surface area contributed by atoms with E-state index in [2.05, 4.69) is 0 Å². The first kappa shape index (κ1) is 20.4. The van der Waals surface area contributed by atoms with Crippen molar-refractivity contribution in [3.8, 4) is 11.5 Å². The van der Waals surface area contributed by atoms with Gasteiger partial charge in [-0.3, -0.25) is 4.99 Å². The number of rotatable bonds is 3. The number of benzene rings is 3. The maximum absolute atomic E-state index is 13.0. The maximum Gasteiger partial charge on any atom is 0.349 e. The van der Waals surface area contributed by atoms with Crippen LogP contribution in [-0.2, 0) is 0 Å². The van der Waals surface area contributed by atoms with Gasteiger partial charge in [0.25, 0.3) is 0 Å². The summed E-state index contributed by atoms with van der Waals surface area (Å²) in [5.74, 6) is 0.692. The molecule has 0 saturated heterocycles. The summed E-state index contributed by atoms with van der Waals surface area (Å²) in [6, 6.07) is 21.1. The van der Waals surface area contributed by atoms with Crippen molar-refractivity contribution in [3.05, 3.63) is 93.8 Å². The molecule has 0 radical (unpaired) electrons. The lowest BCUT2D eigenvalue weighted by Crippen LogP contribution is -2.16. The molecule has 1 aliphatic rings. The minimum atomic E-state index is -0.586. The quantitative estimate of drug-likeness (QED) is 0.383. The lowest BCUT2D eigenvalue weighted by molar-refractivity contribution is 0.414. The third-order valence-electron chi connectivity index (χ3n) is 5.58. The van der Waals surface area contributed by atoms with Gasteiger partial charge >= 0.3 is 5.63 Å². The minimum absolute atomic E-state index is 0.00387. The average Bonchev–Trinajstić information content (AvgIpc) is 2.98. The van der Waals surface area contributed by atoms with Gasteiger partial charge in [0.2, 0.25) is 0 Å². The summed E-state index contributed by atoms with van der Waals surface area (Å²) in [6.07, 6.45) is 0.460. The van der Waals surface area contributed by atoms with Crippen LogP contribution in [0.15, 0.2) is 85.8 Å². The number of para-hydroxylation sites is 1. The van der Waals surface area contributed by atoms with E-state index in [9.17, 15) is 9.90 Å². The van der Waals surface area contributed by atoms with Crippen molar-refractivity contribution < 1.29 is 14.3 Å². The van der Waals surface area contributed by atoms with E-state index in [1.165, 1.54) is 0 Å². The Bertz CT molecular complexity index is 1410. The second-order valence-corrected chi connectivity index (χ2v) is 8.97. The van der Waals surface area contributed by atoms with Crippen LogP contribution in [0.25, 0.3) is 11.0 Å². The average molecular weight is 444 g/mol. The van der Waals surface area contributed by atoms with Gasteiger partial charge in [-0.25, -0.2) is 4.79 Å². The van der Waals surface area contributed by atoms with E-state index in [0.717, 1.165) is 27.5 Å². The maximum atomic E-state index is 13.0. The first-order chi connectivity index (χ1) is 15.5. The van der Waals surface area contributed by atoms with Crippen LogP contribution in [0.5, 0.6) is 11.5 Å². The second kappa shape index (κ2) is 8.20. The van der Waals surface area contributed by atoms with Gasteiger partial charge in [-0.1, -0.05) is 30.3 Å². The fourth-order valence-corrected chi connectivity index (χ4v) is 5.15. The van der Waals surface area contributed by atoms with Gasteiger partial charge in [0.05, 0.1) is 23.9 Å². The summed E-state index contributed by atoms with van der Waals surface area (Å²) in [5, 5.41) is 11.6. The Morgan fingerprint density at radius 1 is 1.09 bits per heavy atom. The van der Waals surface area contributed by atoms with Crippen LogP contribution < -0.4 is 10.4 Å². The van der Waals surface area contributed by atoms with Crippen LogP contribution in [0, 0.1) is 6.92 Å². The Kier molecular flexibility index (Phi) is 5.23. The normalized spacial score (nSPS) is 15.7. The number of thioether (sulfide) groups is 1. The van der Waals surface area contributed by atoms with Gasteiger partial charge in [0, 0.05) is 16.6 Å². The summed E-state index contributed by atoms with van der Waals surface area (Å²) in [5.41, 5.74) is 3.22. The monoisotopic (exact) mass is 443 g/mol. The number of aryl methyl sites for hydroxylation is 1. The molecule has 1 aliphatic heterocycles. The molecule has 0 bridgehead atoms. The smallest absolute Gasteiger partial charge is 0.349 e. The molecule has 6 heteroatoms. The summed E-state index contributed by atoms with van der Waals surface area (Å²) >= 11 is 1.69. The lowest BCUT2D eigenvalue weighted by atomic mass is 10.00. The Morgan fingerprint density at radius 2 is 1.88 bits per heavy atom. The zero-order chi connectivity index (χ0) is 22.2. The molecule has 32 heavy (non-hydrogen) atoms. The number of aromatic hydroxyl groups is 1. The highest BCUT2D eigenvalue weighted by Crippen LogP contribution is 2.46. The molecule has 1 N–H and O–H groups in total. The molecular weight excluding hydrogens is 422 g/mol. The molecule has 5 rings (SSSR count). The molecule has 0 aliphatic carbocycles. The number of hydrogen-bond acceptors (Lipinski definition) is 6. The van der Waals surface area contributed by atoms with Crippen molar-refractivity contribution in [3.63, 3.8) is 0 Å². The highest BCUT2D eigenvalue weighted by Gasteiger charge is 2.27. The molecular formula is C26H21NO4S. The van der Waals surface area contributed by atoms with Crippen molar-refractivity contribution in [1.29, 1.82) is 0 Å². The second-order valence-electron chi connectivity index (χ2n) is 7.72. The molecule has 160 valence electrons. The van der Waals surface area contributed by atoms with Crippen molar-refractivity contribution in [2.75, 3.05) is 7.11 Å². The Hall–Kier alpha value is -3.51. The fraction of sp³-hybridized carbons (Fsp3) is 0.154. The predicted octanol–water partition coefficient (Wildman–Crippen LogP) is 6.17.